The molecule has 3 aromatic heterocycles. The number of hydrogen-bond acceptors (Lipinski definition) is 4. The van der Waals surface area contributed by atoms with Crippen LogP contribution >= 0.6 is 0 Å². The van der Waals surface area contributed by atoms with Crippen LogP contribution in [0.2, 0.25) is 0 Å². The van der Waals surface area contributed by atoms with E-state index >= 15 is 0 Å². The van der Waals surface area contributed by atoms with Crippen LogP contribution in [0.5, 0.6) is 5.75 Å². The van der Waals surface area contributed by atoms with Gasteiger partial charge in [-0.05, 0) is 65.2 Å². The van der Waals surface area contributed by atoms with E-state index in [1.54, 1.807) is 35.6 Å². The smallest absolute Gasteiger partial charge is 0.274 e. The zero-order chi connectivity index (χ0) is 24.7. The van der Waals surface area contributed by atoms with E-state index in [-0.39, 0.29) is 11.7 Å². The molecule has 0 saturated carbocycles. The van der Waals surface area contributed by atoms with Crippen LogP contribution in [0.25, 0.3) is 5.65 Å². The van der Waals surface area contributed by atoms with Gasteiger partial charge in [0.15, 0.2) is 0 Å². The molecule has 6 nitrogen and oxygen atoms in total. The first-order chi connectivity index (χ1) is 17.6. The van der Waals surface area contributed by atoms with Crippen LogP contribution < -0.4 is 4.74 Å². The minimum Gasteiger partial charge on any atom is -0.493 e. The van der Waals surface area contributed by atoms with Gasteiger partial charge in [-0.15, -0.1) is 0 Å². The molecule has 0 saturated heterocycles. The summed E-state index contributed by atoms with van der Waals surface area (Å²) in [6.45, 7) is 1.28. The third-order valence-electron chi connectivity index (χ3n) is 5.84. The van der Waals surface area contributed by atoms with Crippen molar-refractivity contribution in [3.63, 3.8) is 0 Å². The summed E-state index contributed by atoms with van der Waals surface area (Å²) < 4.78 is 20.9. The summed E-state index contributed by atoms with van der Waals surface area (Å²) in [6.07, 6.45) is 7.74. The molecule has 0 bridgehead atoms. The number of carbonyl (C=O) groups excluding carboxylic acids is 1. The van der Waals surface area contributed by atoms with Crippen LogP contribution in [0.15, 0.2) is 104 Å². The van der Waals surface area contributed by atoms with E-state index in [0.29, 0.717) is 31.8 Å². The van der Waals surface area contributed by atoms with Crippen molar-refractivity contribution in [1.82, 2.24) is 19.3 Å². The van der Waals surface area contributed by atoms with Gasteiger partial charge >= 0.3 is 0 Å². The van der Waals surface area contributed by atoms with Crippen molar-refractivity contribution in [1.29, 1.82) is 0 Å². The number of rotatable bonds is 9. The fourth-order valence-corrected chi connectivity index (χ4v) is 4.00. The average molecular weight is 481 g/mol. The summed E-state index contributed by atoms with van der Waals surface area (Å²) in [5.74, 6) is 0.318. The number of hydrogen-bond donors (Lipinski definition) is 0. The number of amides is 1. The molecule has 180 valence electrons. The molecule has 36 heavy (non-hydrogen) atoms. The minimum absolute atomic E-state index is 0.154. The third kappa shape index (κ3) is 5.75. The number of imidazole rings is 1. The summed E-state index contributed by atoms with van der Waals surface area (Å²) in [6, 6.07) is 23.6. The summed E-state index contributed by atoms with van der Waals surface area (Å²) in [7, 11) is 0. The second kappa shape index (κ2) is 10.8. The van der Waals surface area contributed by atoms with E-state index in [9.17, 15) is 9.18 Å². The Labute approximate surface area is 208 Å². The molecule has 0 fully saturated rings. The van der Waals surface area contributed by atoms with Gasteiger partial charge in [0.05, 0.1) is 6.61 Å². The van der Waals surface area contributed by atoms with Crippen LogP contribution in [0.1, 0.15) is 27.2 Å². The molecule has 0 atom stereocenters. The van der Waals surface area contributed by atoms with Gasteiger partial charge in [0.1, 0.15) is 22.9 Å². The van der Waals surface area contributed by atoms with Crippen molar-refractivity contribution in [2.75, 3.05) is 6.61 Å². The molecule has 0 spiro atoms. The molecular formula is C29H25FN4O2. The second-order valence-corrected chi connectivity index (χ2v) is 8.48. The van der Waals surface area contributed by atoms with Gasteiger partial charge in [-0.3, -0.25) is 9.78 Å². The zero-order valence-corrected chi connectivity index (χ0v) is 19.6. The Hall–Kier alpha value is -4.52. The molecule has 0 aliphatic rings. The maximum absolute atomic E-state index is 13.5. The highest BCUT2D eigenvalue weighted by Crippen LogP contribution is 2.19. The topological polar surface area (TPSA) is 59.7 Å². The van der Waals surface area contributed by atoms with Gasteiger partial charge in [-0.25, -0.2) is 9.37 Å². The lowest BCUT2D eigenvalue weighted by Crippen LogP contribution is -2.30. The van der Waals surface area contributed by atoms with Crippen molar-refractivity contribution >= 4 is 11.6 Å². The minimum atomic E-state index is -0.248. The van der Waals surface area contributed by atoms with E-state index in [1.807, 2.05) is 65.2 Å². The monoisotopic (exact) mass is 480 g/mol. The van der Waals surface area contributed by atoms with E-state index in [2.05, 4.69) is 9.97 Å². The lowest BCUT2D eigenvalue weighted by atomic mass is 10.1. The Kier molecular flexibility index (Phi) is 6.98. The summed E-state index contributed by atoms with van der Waals surface area (Å²) in [5.41, 5.74) is 4.05. The Balaban J connectivity index is 1.31. The van der Waals surface area contributed by atoms with Crippen molar-refractivity contribution < 1.29 is 13.9 Å². The number of pyridine rings is 2. The van der Waals surface area contributed by atoms with Crippen LogP contribution in [-0.4, -0.2) is 31.8 Å². The first-order valence-electron chi connectivity index (χ1n) is 11.7. The summed E-state index contributed by atoms with van der Waals surface area (Å²) in [4.78, 5) is 23.9. The van der Waals surface area contributed by atoms with Crippen molar-refractivity contribution in [2.45, 2.75) is 19.5 Å². The SMILES string of the molecule is O=C(c1cn2ccccc2n1)N(Cc1ccncc1)Cc1cccc(OCCc2ccc(F)cc2)c1. The Morgan fingerprint density at radius 1 is 0.889 bits per heavy atom. The van der Waals surface area contributed by atoms with Gasteiger partial charge in [0.25, 0.3) is 5.91 Å². The van der Waals surface area contributed by atoms with E-state index in [0.717, 1.165) is 28.1 Å². The largest absolute Gasteiger partial charge is 0.493 e. The Bertz CT molecular complexity index is 1420. The van der Waals surface area contributed by atoms with Crippen LogP contribution in [-0.2, 0) is 19.5 Å². The lowest BCUT2D eigenvalue weighted by molar-refractivity contribution is 0.0724. The number of fused-ring (bicyclic) bond motifs is 1. The molecule has 2 aromatic carbocycles. The van der Waals surface area contributed by atoms with E-state index < -0.39 is 0 Å². The number of aromatic nitrogens is 3. The van der Waals surface area contributed by atoms with Crippen molar-refractivity contribution in [3.8, 4) is 5.75 Å². The number of ether oxygens (including phenoxy) is 1. The molecule has 0 N–H and O–H groups in total. The first-order valence-corrected chi connectivity index (χ1v) is 11.7. The maximum Gasteiger partial charge on any atom is 0.274 e. The third-order valence-corrected chi connectivity index (χ3v) is 5.84. The molecular weight excluding hydrogens is 455 g/mol. The number of benzene rings is 2. The van der Waals surface area contributed by atoms with Gasteiger partial charge < -0.3 is 14.0 Å². The molecule has 3 heterocycles. The molecule has 7 heteroatoms. The zero-order valence-electron chi connectivity index (χ0n) is 19.6. The molecule has 0 unspecified atom stereocenters. The fraction of sp³-hybridized carbons (Fsp3) is 0.138. The fourth-order valence-electron chi connectivity index (χ4n) is 4.00. The normalized spacial score (nSPS) is 10.9. The number of carbonyl (C=O) groups is 1. The predicted octanol–water partition coefficient (Wildman–Crippen LogP) is 5.33. The standard InChI is InChI=1S/C29H25FN4O2/c30-25-9-7-22(8-10-25)13-17-36-26-5-3-4-24(18-26)20-34(19-23-11-14-31-15-12-23)29(35)27-21-33-16-2-1-6-28(33)32-27/h1-12,14-16,18,21H,13,17,19-20H2. The van der Waals surface area contributed by atoms with Crippen LogP contribution in [0.3, 0.4) is 0 Å². The highest BCUT2D eigenvalue weighted by molar-refractivity contribution is 5.92. The van der Waals surface area contributed by atoms with Gasteiger partial charge in [0.2, 0.25) is 0 Å². The lowest BCUT2D eigenvalue weighted by Gasteiger charge is -2.22. The van der Waals surface area contributed by atoms with Crippen LogP contribution in [0.4, 0.5) is 4.39 Å². The number of halogens is 1. The first kappa shape index (κ1) is 23.2. The molecule has 0 aliphatic heterocycles. The predicted molar refractivity (Wildman–Crippen MR) is 135 cm³/mol. The van der Waals surface area contributed by atoms with Crippen LogP contribution in [0, 0.1) is 5.82 Å². The van der Waals surface area contributed by atoms with Gasteiger partial charge in [-0.1, -0.05) is 30.3 Å². The molecule has 5 aromatic rings. The Morgan fingerprint density at radius 3 is 2.50 bits per heavy atom. The highest BCUT2D eigenvalue weighted by atomic mass is 19.1. The Morgan fingerprint density at radius 2 is 1.69 bits per heavy atom. The summed E-state index contributed by atoms with van der Waals surface area (Å²) >= 11 is 0. The maximum atomic E-state index is 13.5. The highest BCUT2D eigenvalue weighted by Gasteiger charge is 2.20. The van der Waals surface area contributed by atoms with Gasteiger partial charge in [-0.2, -0.15) is 0 Å². The molecule has 0 radical (unpaired) electrons. The van der Waals surface area contributed by atoms with Crippen molar-refractivity contribution in [3.05, 3.63) is 132 Å². The quantitative estimate of drug-likeness (QED) is 0.286. The van der Waals surface area contributed by atoms with E-state index in [1.165, 1.54) is 12.1 Å². The number of nitrogens with zero attached hydrogens (tertiary/aromatic N) is 4. The molecule has 0 aliphatic carbocycles. The molecule has 5 rings (SSSR count). The van der Waals surface area contributed by atoms with Crippen molar-refractivity contribution in [2.24, 2.45) is 0 Å². The summed E-state index contributed by atoms with van der Waals surface area (Å²) in [5, 5.41) is 0. The average Bonchev–Trinajstić information content (AvgIpc) is 3.34. The molecule has 1 amide bonds. The van der Waals surface area contributed by atoms with E-state index in [4.69, 9.17) is 4.74 Å². The second-order valence-electron chi connectivity index (χ2n) is 8.48. The van der Waals surface area contributed by atoms with Gasteiger partial charge in [0, 0.05) is 44.3 Å².